The molecule has 3 atom stereocenters. The van der Waals surface area contributed by atoms with Gasteiger partial charge in [0, 0.05) is 38.1 Å². The number of carbonyl (C=O) groups is 1. The summed E-state index contributed by atoms with van der Waals surface area (Å²) in [6, 6.07) is -0.0727. The number of ether oxygens (including phenoxy) is 2. The zero-order valence-corrected chi connectivity index (χ0v) is 12.9. The van der Waals surface area contributed by atoms with Crippen LogP contribution in [0.2, 0.25) is 0 Å². The topological polar surface area (TPSA) is 59.6 Å². The number of hydrogen-bond acceptors (Lipinski definition) is 3. The molecule has 2 aliphatic heterocycles. The Balaban J connectivity index is 1.67. The van der Waals surface area contributed by atoms with Crippen LogP contribution in [-0.2, 0) is 9.47 Å². The first-order valence-corrected chi connectivity index (χ1v) is 7.68. The third-order valence-electron chi connectivity index (χ3n) is 4.17. The van der Waals surface area contributed by atoms with Gasteiger partial charge in [-0.3, -0.25) is 0 Å². The molecule has 2 heterocycles. The summed E-state index contributed by atoms with van der Waals surface area (Å²) in [5.74, 6) is 0.883. The standard InChI is InChI=1S/C15H28N2O3/c1-15(2,3)13-12(5-7-20-13)9-17-14(18)16-8-11-4-6-19-10-11/h11-13H,4-10H2,1-3H3,(H2,16,17,18)/t11-,12-,13+/m1/s1. The van der Waals surface area contributed by atoms with Crippen molar-refractivity contribution >= 4 is 6.03 Å². The summed E-state index contributed by atoms with van der Waals surface area (Å²) in [7, 11) is 0. The Hall–Kier alpha value is -0.810. The first kappa shape index (κ1) is 15.6. The van der Waals surface area contributed by atoms with Crippen LogP contribution in [-0.4, -0.2) is 45.0 Å². The van der Waals surface area contributed by atoms with Crippen LogP contribution in [0.15, 0.2) is 0 Å². The summed E-state index contributed by atoms with van der Waals surface area (Å²) in [6.07, 6.45) is 2.30. The van der Waals surface area contributed by atoms with Crippen molar-refractivity contribution in [1.82, 2.24) is 10.6 Å². The zero-order valence-electron chi connectivity index (χ0n) is 12.9. The van der Waals surface area contributed by atoms with E-state index in [4.69, 9.17) is 9.47 Å². The maximum absolute atomic E-state index is 11.8. The first-order valence-electron chi connectivity index (χ1n) is 7.68. The first-order chi connectivity index (χ1) is 9.47. The van der Waals surface area contributed by atoms with Gasteiger partial charge in [0.2, 0.25) is 0 Å². The molecule has 0 aromatic rings. The van der Waals surface area contributed by atoms with Gasteiger partial charge in [-0.2, -0.15) is 0 Å². The fourth-order valence-corrected chi connectivity index (χ4v) is 3.07. The quantitative estimate of drug-likeness (QED) is 0.827. The largest absolute Gasteiger partial charge is 0.381 e. The highest BCUT2D eigenvalue weighted by Crippen LogP contribution is 2.34. The molecule has 0 bridgehead atoms. The summed E-state index contributed by atoms with van der Waals surface area (Å²) >= 11 is 0. The van der Waals surface area contributed by atoms with E-state index in [2.05, 4.69) is 31.4 Å². The second-order valence-corrected chi connectivity index (χ2v) is 7.03. The normalized spacial score (nSPS) is 30.4. The lowest BCUT2D eigenvalue weighted by atomic mass is 9.81. The monoisotopic (exact) mass is 284 g/mol. The van der Waals surface area contributed by atoms with Crippen molar-refractivity contribution in [2.75, 3.05) is 32.9 Å². The molecule has 2 rings (SSSR count). The minimum absolute atomic E-state index is 0.0727. The minimum atomic E-state index is -0.0727. The molecule has 0 unspecified atom stereocenters. The van der Waals surface area contributed by atoms with E-state index in [0.717, 1.165) is 32.7 Å². The number of nitrogens with one attached hydrogen (secondary N) is 2. The van der Waals surface area contributed by atoms with E-state index in [0.29, 0.717) is 24.9 Å². The van der Waals surface area contributed by atoms with Crippen LogP contribution in [0.1, 0.15) is 33.6 Å². The van der Waals surface area contributed by atoms with Crippen LogP contribution in [0.3, 0.4) is 0 Å². The lowest BCUT2D eigenvalue weighted by Gasteiger charge is -2.31. The van der Waals surface area contributed by atoms with Gasteiger partial charge in [0.25, 0.3) is 0 Å². The molecule has 0 aromatic heterocycles. The second-order valence-electron chi connectivity index (χ2n) is 7.03. The number of hydrogen-bond donors (Lipinski definition) is 2. The van der Waals surface area contributed by atoms with Crippen LogP contribution >= 0.6 is 0 Å². The maximum atomic E-state index is 11.8. The van der Waals surface area contributed by atoms with Crippen LogP contribution in [0.4, 0.5) is 4.79 Å². The molecule has 2 amide bonds. The van der Waals surface area contributed by atoms with E-state index in [1.165, 1.54) is 0 Å². The fourth-order valence-electron chi connectivity index (χ4n) is 3.07. The predicted molar refractivity (Wildman–Crippen MR) is 77.6 cm³/mol. The SMILES string of the molecule is CC(C)(C)[C@H]1OCC[C@@H]1CNC(=O)NC[C@H]1CCOC1. The Morgan fingerprint density at radius 1 is 1.15 bits per heavy atom. The van der Waals surface area contributed by atoms with Gasteiger partial charge < -0.3 is 20.1 Å². The molecule has 20 heavy (non-hydrogen) atoms. The molecule has 2 saturated heterocycles. The van der Waals surface area contributed by atoms with E-state index in [9.17, 15) is 4.79 Å². The fraction of sp³-hybridized carbons (Fsp3) is 0.933. The van der Waals surface area contributed by atoms with Gasteiger partial charge in [-0.15, -0.1) is 0 Å². The van der Waals surface area contributed by atoms with Crippen molar-refractivity contribution < 1.29 is 14.3 Å². The predicted octanol–water partition coefficient (Wildman–Crippen LogP) is 1.77. The molecule has 5 nitrogen and oxygen atoms in total. The molecule has 0 spiro atoms. The molecule has 2 aliphatic rings. The highest BCUT2D eigenvalue weighted by atomic mass is 16.5. The lowest BCUT2D eigenvalue weighted by Crippen LogP contribution is -2.43. The molecule has 0 aliphatic carbocycles. The Kier molecular flexibility index (Phi) is 5.27. The molecule has 0 saturated carbocycles. The van der Waals surface area contributed by atoms with Crippen molar-refractivity contribution in [3.8, 4) is 0 Å². The third kappa shape index (κ3) is 4.35. The lowest BCUT2D eigenvalue weighted by molar-refractivity contribution is 0.00774. The van der Waals surface area contributed by atoms with Crippen molar-refractivity contribution in [3.63, 3.8) is 0 Å². The highest BCUT2D eigenvalue weighted by molar-refractivity contribution is 5.73. The minimum Gasteiger partial charge on any atom is -0.381 e. The summed E-state index contributed by atoms with van der Waals surface area (Å²) in [5.41, 5.74) is 0.126. The maximum Gasteiger partial charge on any atom is 0.314 e. The molecule has 5 heteroatoms. The smallest absolute Gasteiger partial charge is 0.314 e. The average Bonchev–Trinajstić information content (AvgIpc) is 3.03. The molecular weight excluding hydrogens is 256 g/mol. The van der Waals surface area contributed by atoms with E-state index in [1.807, 2.05) is 0 Å². The highest BCUT2D eigenvalue weighted by Gasteiger charge is 2.37. The van der Waals surface area contributed by atoms with Gasteiger partial charge in [0.05, 0.1) is 12.7 Å². The van der Waals surface area contributed by atoms with Crippen LogP contribution in [0.25, 0.3) is 0 Å². The summed E-state index contributed by atoms with van der Waals surface area (Å²) in [6.45, 7) is 10.4. The zero-order chi connectivity index (χ0) is 14.6. The van der Waals surface area contributed by atoms with Gasteiger partial charge in [-0.25, -0.2) is 4.79 Å². The van der Waals surface area contributed by atoms with E-state index < -0.39 is 0 Å². The molecule has 116 valence electrons. The number of urea groups is 1. The Morgan fingerprint density at radius 3 is 2.55 bits per heavy atom. The second kappa shape index (κ2) is 6.76. The van der Waals surface area contributed by atoms with Crippen molar-refractivity contribution in [3.05, 3.63) is 0 Å². The van der Waals surface area contributed by atoms with Crippen molar-refractivity contribution in [2.45, 2.75) is 39.7 Å². The van der Waals surface area contributed by atoms with Gasteiger partial charge in [0.1, 0.15) is 0 Å². The Bertz CT molecular complexity index is 322. The summed E-state index contributed by atoms with van der Waals surface area (Å²) < 4.78 is 11.1. The summed E-state index contributed by atoms with van der Waals surface area (Å²) in [5, 5.41) is 5.91. The Labute approximate surface area is 121 Å². The average molecular weight is 284 g/mol. The number of amides is 2. The van der Waals surface area contributed by atoms with Gasteiger partial charge >= 0.3 is 6.03 Å². The summed E-state index contributed by atoms with van der Waals surface area (Å²) in [4.78, 5) is 11.8. The molecule has 2 N–H and O–H groups in total. The van der Waals surface area contributed by atoms with Crippen LogP contribution in [0, 0.1) is 17.3 Å². The van der Waals surface area contributed by atoms with E-state index in [-0.39, 0.29) is 17.6 Å². The van der Waals surface area contributed by atoms with Gasteiger partial charge in [-0.1, -0.05) is 20.8 Å². The third-order valence-corrected chi connectivity index (χ3v) is 4.17. The van der Waals surface area contributed by atoms with Crippen LogP contribution in [0.5, 0.6) is 0 Å². The van der Waals surface area contributed by atoms with Crippen molar-refractivity contribution in [2.24, 2.45) is 17.3 Å². The van der Waals surface area contributed by atoms with E-state index in [1.54, 1.807) is 0 Å². The molecule has 0 radical (unpaired) electrons. The van der Waals surface area contributed by atoms with Gasteiger partial charge in [0.15, 0.2) is 0 Å². The van der Waals surface area contributed by atoms with E-state index >= 15 is 0 Å². The molecule has 2 fully saturated rings. The van der Waals surface area contributed by atoms with Gasteiger partial charge in [-0.05, 0) is 18.3 Å². The number of rotatable bonds is 4. The molecule has 0 aromatic carbocycles. The van der Waals surface area contributed by atoms with Crippen LogP contribution < -0.4 is 10.6 Å². The number of carbonyl (C=O) groups excluding carboxylic acids is 1. The molecular formula is C15H28N2O3. The Morgan fingerprint density at radius 2 is 1.90 bits per heavy atom. The van der Waals surface area contributed by atoms with Crippen molar-refractivity contribution in [1.29, 1.82) is 0 Å².